The van der Waals surface area contributed by atoms with Crippen molar-refractivity contribution in [2.75, 3.05) is 12.3 Å². The molecule has 0 bridgehead atoms. The number of aliphatic hydroxyl groups excluding tert-OH is 1. The molecule has 19 heavy (non-hydrogen) atoms. The van der Waals surface area contributed by atoms with Crippen LogP contribution in [-0.4, -0.2) is 44.2 Å². The van der Waals surface area contributed by atoms with E-state index in [0.717, 1.165) is 10.8 Å². The van der Waals surface area contributed by atoms with Gasteiger partial charge in [0.1, 0.15) is 11.7 Å². The number of alkyl halides is 1. The first-order valence-corrected chi connectivity index (χ1v) is 5.86. The highest BCUT2D eigenvalue weighted by Crippen LogP contribution is 2.40. The van der Waals surface area contributed by atoms with Gasteiger partial charge in [-0.2, -0.15) is 4.98 Å². The number of halogens is 2. The second kappa shape index (κ2) is 4.75. The fourth-order valence-corrected chi connectivity index (χ4v) is 2.24. The smallest absolute Gasteiger partial charge is 0.203 e. The molecule has 9 heteroatoms. The maximum atomic E-state index is 13.9. The van der Waals surface area contributed by atoms with Crippen LogP contribution in [0.1, 0.15) is 13.2 Å². The van der Waals surface area contributed by atoms with Crippen molar-refractivity contribution < 1.29 is 23.7 Å². The lowest BCUT2D eigenvalue weighted by molar-refractivity contribution is -0.0926. The average molecular weight is 293 g/mol. The Morgan fingerprint density at radius 2 is 2.32 bits per heavy atom. The van der Waals surface area contributed by atoms with Gasteiger partial charge in [-0.15, -0.1) is 0 Å². The Morgan fingerprint density at radius 3 is 2.84 bits per heavy atom. The number of ether oxygens (including phenoxy) is 1. The van der Waals surface area contributed by atoms with Gasteiger partial charge < -0.3 is 20.7 Å². The van der Waals surface area contributed by atoms with Crippen molar-refractivity contribution in [1.82, 2.24) is 9.55 Å². The van der Waals surface area contributed by atoms with Gasteiger partial charge in [0.15, 0.2) is 24.0 Å². The highest BCUT2D eigenvalue weighted by Gasteiger charge is 2.54. The second-order valence-electron chi connectivity index (χ2n) is 4.50. The first-order chi connectivity index (χ1) is 8.78. The Hall–Kier alpha value is -1.16. The summed E-state index contributed by atoms with van der Waals surface area (Å²) in [5, 5.41) is 19.1. The lowest BCUT2D eigenvalue weighted by Crippen LogP contribution is -2.41. The van der Waals surface area contributed by atoms with Crippen LogP contribution in [-0.2, 0) is 4.74 Å². The molecule has 0 aliphatic carbocycles. The molecule has 2 rings (SSSR count). The van der Waals surface area contributed by atoms with E-state index in [1.165, 1.54) is 6.92 Å². The third-order valence-corrected chi connectivity index (χ3v) is 3.36. The Labute approximate surface area is 112 Å². The van der Waals surface area contributed by atoms with Gasteiger partial charge in [-0.05, 0) is 19.1 Å². The highest BCUT2D eigenvalue weighted by molar-refractivity contribution is 7.71. The summed E-state index contributed by atoms with van der Waals surface area (Å²) in [5.74, 6) is -1.26. The summed E-state index contributed by atoms with van der Waals surface area (Å²) in [4.78, 5) is 3.56. The van der Waals surface area contributed by atoms with E-state index in [1.54, 1.807) is 0 Å². The molecule has 0 saturated carbocycles. The molecule has 4 atom stereocenters. The second-order valence-corrected chi connectivity index (χ2v) is 4.87. The predicted octanol–water partition coefficient (Wildman–Crippen LogP) is 0.313. The molecular formula is C10H13F2N3O3S. The van der Waals surface area contributed by atoms with Gasteiger partial charge in [0.05, 0.1) is 6.61 Å². The Kier molecular flexibility index (Phi) is 3.56. The number of aromatic nitrogens is 2. The molecule has 0 spiro atoms. The van der Waals surface area contributed by atoms with Crippen molar-refractivity contribution in [3.63, 3.8) is 0 Å². The molecule has 1 aromatic heterocycles. The SMILES string of the molecule is CC1(O)[C@@H](F)[C@@H](CO)O[C@H]1n1cc(F)c(N)nc1=S. The van der Waals surface area contributed by atoms with Crippen molar-refractivity contribution >= 4 is 18.0 Å². The quantitative estimate of drug-likeness (QED) is 0.680. The standard InChI is InChI=1S/C10H13F2N3O3S/c1-10(17)6(12)5(3-16)18-8(10)15-2-4(11)7(13)14-9(15)19/h2,5-6,8,16-17H,3H2,1H3,(H2,13,14,19)/t5-,6+,8-,10?/m1/s1. The maximum Gasteiger partial charge on any atom is 0.203 e. The number of hydrogen-bond acceptors (Lipinski definition) is 6. The highest BCUT2D eigenvalue weighted by atomic mass is 32.1. The number of hydrogen-bond donors (Lipinski definition) is 3. The summed E-state index contributed by atoms with van der Waals surface area (Å²) >= 11 is 4.88. The van der Waals surface area contributed by atoms with Gasteiger partial charge in [-0.25, -0.2) is 8.78 Å². The minimum atomic E-state index is -1.98. The molecule has 1 aromatic rings. The first-order valence-electron chi connectivity index (χ1n) is 5.46. The first kappa shape index (κ1) is 14.3. The third-order valence-electron chi connectivity index (χ3n) is 3.06. The van der Waals surface area contributed by atoms with Crippen LogP contribution < -0.4 is 5.73 Å². The van der Waals surface area contributed by atoms with Crippen LogP contribution in [0.5, 0.6) is 0 Å². The fourth-order valence-electron chi connectivity index (χ4n) is 1.99. The average Bonchev–Trinajstić information content (AvgIpc) is 2.56. The van der Waals surface area contributed by atoms with Crippen molar-refractivity contribution in [2.24, 2.45) is 0 Å². The summed E-state index contributed by atoms with van der Waals surface area (Å²) in [7, 11) is 0. The van der Waals surface area contributed by atoms with Gasteiger partial charge in [0, 0.05) is 6.20 Å². The lowest BCUT2D eigenvalue weighted by Gasteiger charge is -2.27. The van der Waals surface area contributed by atoms with Gasteiger partial charge in [-0.3, -0.25) is 4.57 Å². The number of anilines is 1. The number of nitrogens with two attached hydrogens (primary N) is 1. The third kappa shape index (κ3) is 2.22. The van der Waals surface area contributed by atoms with E-state index in [4.69, 9.17) is 27.8 Å². The van der Waals surface area contributed by atoms with Crippen molar-refractivity contribution in [3.05, 3.63) is 16.8 Å². The molecule has 1 aliphatic heterocycles. The van der Waals surface area contributed by atoms with E-state index in [2.05, 4.69) is 4.98 Å². The molecule has 0 amide bonds. The lowest BCUT2D eigenvalue weighted by atomic mass is 9.98. The molecule has 0 aromatic carbocycles. The zero-order chi connectivity index (χ0) is 14.4. The van der Waals surface area contributed by atoms with Gasteiger partial charge >= 0.3 is 0 Å². The Morgan fingerprint density at radius 1 is 1.68 bits per heavy atom. The van der Waals surface area contributed by atoms with Crippen LogP contribution in [0.25, 0.3) is 0 Å². The Balaban J connectivity index is 2.48. The molecule has 2 heterocycles. The number of aliphatic hydroxyl groups is 2. The van der Waals surface area contributed by atoms with Crippen LogP contribution in [0.4, 0.5) is 14.6 Å². The number of nitrogens with zero attached hydrogens (tertiary/aromatic N) is 2. The topological polar surface area (TPSA) is 93.5 Å². The van der Waals surface area contributed by atoms with Crippen LogP contribution >= 0.6 is 12.2 Å². The maximum absolute atomic E-state index is 13.9. The number of nitrogen functional groups attached to an aromatic ring is 1. The van der Waals surface area contributed by atoms with E-state index in [0.29, 0.717) is 0 Å². The monoisotopic (exact) mass is 293 g/mol. The van der Waals surface area contributed by atoms with Gasteiger partial charge in [0.25, 0.3) is 0 Å². The van der Waals surface area contributed by atoms with E-state index in [1.807, 2.05) is 0 Å². The fraction of sp³-hybridized carbons (Fsp3) is 0.600. The summed E-state index contributed by atoms with van der Waals surface area (Å²) in [5.41, 5.74) is 3.28. The zero-order valence-corrected chi connectivity index (χ0v) is 10.8. The number of rotatable bonds is 2. The molecule has 6 nitrogen and oxygen atoms in total. The van der Waals surface area contributed by atoms with Crippen LogP contribution in [0.15, 0.2) is 6.20 Å². The zero-order valence-electron chi connectivity index (χ0n) is 9.96. The summed E-state index contributed by atoms with van der Waals surface area (Å²) in [6, 6.07) is 0. The van der Waals surface area contributed by atoms with E-state index in [-0.39, 0.29) is 4.77 Å². The molecular weight excluding hydrogens is 280 g/mol. The molecule has 1 fully saturated rings. The predicted molar refractivity (Wildman–Crippen MR) is 63.9 cm³/mol. The van der Waals surface area contributed by atoms with Crippen molar-refractivity contribution in [2.45, 2.75) is 31.0 Å². The minimum Gasteiger partial charge on any atom is -0.394 e. The molecule has 4 N–H and O–H groups in total. The summed E-state index contributed by atoms with van der Waals surface area (Å²) in [6.45, 7) is 0.556. The molecule has 1 unspecified atom stereocenters. The summed E-state index contributed by atoms with van der Waals surface area (Å²) < 4.78 is 33.3. The van der Waals surface area contributed by atoms with Crippen LogP contribution in [0, 0.1) is 10.6 Å². The normalized spacial score (nSPS) is 34.7. The summed E-state index contributed by atoms with van der Waals surface area (Å²) in [6.07, 6.45) is -3.47. The van der Waals surface area contributed by atoms with Crippen molar-refractivity contribution in [1.29, 1.82) is 0 Å². The van der Waals surface area contributed by atoms with Crippen LogP contribution in [0.2, 0.25) is 0 Å². The van der Waals surface area contributed by atoms with E-state index < -0.39 is 42.3 Å². The molecule has 106 valence electrons. The largest absolute Gasteiger partial charge is 0.394 e. The molecule has 1 aliphatic rings. The van der Waals surface area contributed by atoms with Crippen molar-refractivity contribution in [3.8, 4) is 0 Å². The van der Waals surface area contributed by atoms with Gasteiger partial charge in [0.2, 0.25) is 4.77 Å². The van der Waals surface area contributed by atoms with Crippen LogP contribution in [0.3, 0.4) is 0 Å². The minimum absolute atomic E-state index is 0.157. The van der Waals surface area contributed by atoms with Gasteiger partial charge in [-0.1, -0.05) is 0 Å². The Bertz CT molecular complexity index is 551. The van der Waals surface area contributed by atoms with E-state index >= 15 is 0 Å². The van der Waals surface area contributed by atoms with E-state index in [9.17, 15) is 13.9 Å². The molecule has 1 saturated heterocycles. The molecule has 0 radical (unpaired) electrons.